The van der Waals surface area contributed by atoms with E-state index in [-0.39, 0.29) is 11.9 Å². The molecule has 1 aromatic carbocycles. The molecule has 1 heterocycles. The number of aryl methyl sites for hydroxylation is 1. The fourth-order valence-corrected chi connectivity index (χ4v) is 2.22. The first kappa shape index (κ1) is 14.0. The van der Waals surface area contributed by atoms with Crippen LogP contribution in [0.4, 0.5) is 4.39 Å². The monoisotopic (exact) mass is 278 g/mol. The van der Waals surface area contributed by atoms with E-state index in [0.717, 1.165) is 11.1 Å². The molecular formula is C15H16ClFN2. The molecule has 1 N–H and O–H groups in total. The molecule has 4 heteroatoms. The van der Waals surface area contributed by atoms with Gasteiger partial charge in [-0.25, -0.2) is 4.39 Å². The normalized spacial score (nSPS) is 12.4. The van der Waals surface area contributed by atoms with Gasteiger partial charge in [-0.3, -0.25) is 4.98 Å². The lowest BCUT2D eigenvalue weighted by Gasteiger charge is -2.17. The number of aromatic nitrogens is 1. The Labute approximate surface area is 117 Å². The first-order chi connectivity index (χ1) is 9.10. The lowest BCUT2D eigenvalue weighted by Crippen LogP contribution is -2.19. The van der Waals surface area contributed by atoms with E-state index in [4.69, 9.17) is 11.6 Å². The molecule has 100 valence electrons. The van der Waals surface area contributed by atoms with Crippen LogP contribution in [0, 0.1) is 12.7 Å². The Balaban J connectivity index is 2.24. The molecule has 1 aromatic heterocycles. The molecule has 0 aliphatic heterocycles. The van der Waals surface area contributed by atoms with Crippen LogP contribution in [0.15, 0.2) is 36.7 Å². The second-order valence-corrected chi connectivity index (χ2v) is 5.01. The summed E-state index contributed by atoms with van der Waals surface area (Å²) in [6.45, 7) is 1.99. The SMILES string of the molecule is CNC(Cc1ccc(Cl)cc1F)c1cncc(C)c1. The maximum absolute atomic E-state index is 13.8. The Morgan fingerprint density at radius 3 is 2.74 bits per heavy atom. The smallest absolute Gasteiger partial charge is 0.127 e. The Morgan fingerprint density at radius 2 is 2.11 bits per heavy atom. The summed E-state index contributed by atoms with van der Waals surface area (Å²) in [4.78, 5) is 4.18. The highest BCUT2D eigenvalue weighted by Crippen LogP contribution is 2.22. The van der Waals surface area contributed by atoms with Crippen LogP contribution in [0.25, 0.3) is 0 Å². The Hall–Kier alpha value is -1.45. The molecule has 2 aromatic rings. The van der Waals surface area contributed by atoms with E-state index in [1.54, 1.807) is 18.3 Å². The third kappa shape index (κ3) is 3.52. The van der Waals surface area contributed by atoms with E-state index in [0.29, 0.717) is 17.0 Å². The second kappa shape index (κ2) is 6.13. The number of pyridine rings is 1. The molecule has 2 rings (SSSR count). The molecule has 0 spiro atoms. The Bertz CT molecular complexity index is 572. The summed E-state index contributed by atoms with van der Waals surface area (Å²) in [6.07, 6.45) is 4.17. The fraction of sp³-hybridized carbons (Fsp3) is 0.267. The van der Waals surface area contributed by atoms with Crippen LogP contribution in [-0.2, 0) is 6.42 Å². The van der Waals surface area contributed by atoms with Gasteiger partial charge in [0.15, 0.2) is 0 Å². The highest BCUT2D eigenvalue weighted by Gasteiger charge is 2.13. The van der Waals surface area contributed by atoms with Gasteiger partial charge in [-0.15, -0.1) is 0 Å². The van der Waals surface area contributed by atoms with Crippen molar-refractivity contribution in [1.82, 2.24) is 10.3 Å². The minimum Gasteiger partial charge on any atom is -0.313 e. The Morgan fingerprint density at radius 1 is 1.32 bits per heavy atom. The first-order valence-corrected chi connectivity index (χ1v) is 6.50. The van der Waals surface area contributed by atoms with Crippen molar-refractivity contribution in [2.75, 3.05) is 7.05 Å². The van der Waals surface area contributed by atoms with E-state index >= 15 is 0 Å². The van der Waals surface area contributed by atoms with Gasteiger partial charge in [-0.1, -0.05) is 23.7 Å². The van der Waals surface area contributed by atoms with Crippen molar-refractivity contribution in [2.24, 2.45) is 0 Å². The van der Waals surface area contributed by atoms with E-state index in [2.05, 4.69) is 16.4 Å². The summed E-state index contributed by atoms with van der Waals surface area (Å²) < 4.78 is 13.8. The minimum atomic E-state index is -0.270. The molecule has 19 heavy (non-hydrogen) atoms. The van der Waals surface area contributed by atoms with E-state index in [1.807, 2.05) is 20.2 Å². The van der Waals surface area contributed by atoms with Crippen molar-refractivity contribution in [3.8, 4) is 0 Å². The minimum absolute atomic E-state index is 0.0306. The van der Waals surface area contributed by atoms with Gasteiger partial charge in [0.2, 0.25) is 0 Å². The topological polar surface area (TPSA) is 24.9 Å². The predicted molar refractivity (Wildman–Crippen MR) is 75.9 cm³/mol. The molecule has 2 nitrogen and oxygen atoms in total. The zero-order chi connectivity index (χ0) is 13.8. The van der Waals surface area contributed by atoms with Crippen molar-refractivity contribution in [3.63, 3.8) is 0 Å². The first-order valence-electron chi connectivity index (χ1n) is 6.13. The van der Waals surface area contributed by atoms with Gasteiger partial charge in [0.1, 0.15) is 5.82 Å². The number of rotatable bonds is 4. The largest absolute Gasteiger partial charge is 0.313 e. The molecule has 1 unspecified atom stereocenters. The van der Waals surface area contributed by atoms with Gasteiger partial charge >= 0.3 is 0 Å². The number of likely N-dealkylation sites (N-methyl/N-ethyl adjacent to an activating group) is 1. The number of nitrogens with zero attached hydrogens (tertiary/aromatic N) is 1. The average Bonchev–Trinajstić information content (AvgIpc) is 2.38. The van der Waals surface area contributed by atoms with Crippen LogP contribution in [-0.4, -0.2) is 12.0 Å². The summed E-state index contributed by atoms with van der Waals surface area (Å²) in [7, 11) is 1.86. The second-order valence-electron chi connectivity index (χ2n) is 4.58. The summed E-state index contributed by atoms with van der Waals surface area (Å²) in [6, 6.07) is 6.87. The third-order valence-corrected chi connectivity index (χ3v) is 3.32. The van der Waals surface area contributed by atoms with Crippen molar-refractivity contribution >= 4 is 11.6 Å². The maximum Gasteiger partial charge on any atom is 0.127 e. The number of nitrogens with one attached hydrogen (secondary N) is 1. The maximum atomic E-state index is 13.8. The third-order valence-electron chi connectivity index (χ3n) is 3.09. The van der Waals surface area contributed by atoms with Crippen molar-refractivity contribution < 1.29 is 4.39 Å². The molecule has 0 amide bonds. The number of benzene rings is 1. The van der Waals surface area contributed by atoms with Crippen LogP contribution in [0.3, 0.4) is 0 Å². The lowest BCUT2D eigenvalue weighted by atomic mass is 9.99. The standard InChI is InChI=1S/C15H16ClFN2/c1-10-5-12(9-19-8-10)15(18-2)6-11-3-4-13(16)7-14(11)17/h3-5,7-9,15,18H,6H2,1-2H3. The fourth-order valence-electron chi connectivity index (χ4n) is 2.06. The van der Waals surface area contributed by atoms with Gasteiger partial charge < -0.3 is 5.32 Å². The average molecular weight is 279 g/mol. The molecule has 0 bridgehead atoms. The van der Waals surface area contributed by atoms with Gasteiger partial charge in [-0.2, -0.15) is 0 Å². The van der Waals surface area contributed by atoms with Gasteiger partial charge in [-0.05, 0) is 49.2 Å². The van der Waals surface area contributed by atoms with Gasteiger partial charge in [0.05, 0.1) is 0 Å². The zero-order valence-electron chi connectivity index (χ0n) is 11.0. The molecule has 0 saturated carbocycles. The van der Waals surface area contributed by atoms with Crippen molar-refractivity contribution in [1.29, 1.82) is 0 Å². The van der Waals surface area contributed by atoms with Gasteiger partial charge in [0.25, 0.3) is 0 Å². The number of hydrogen-bond acceptors (Lipinski definition) is 2. The molecule has 0 aliphatic rings. The summed E-state index contributed by atoms with van der Waals surface area (Å²) >= 11 is 5.76. The van der Waals surface area contributed by atoms with Crippen molar-refractivity contribution in [3.05, 3.63) is 64.2 Å². The summed E-state index contributed by atoms with van der Waals surface area (Å²) in [5.74, 6) is -0.270. The highest BCUT2D eigenvalue weighted by atomic mass is 35.5. The van der Waals surface area contributed by atoms with Crippen LogP contribution in [0.2, 0.25) is 5.02 Å². The summed E-state index contributed by atoms with van der Waals surface area (Å²) in [5, 5.41) is 3.61. The zero-order valence-corrected chi connectivity index (χ0v) is 11.7. The van der Waals surface area contributed by atoms with E-state index in [1.165, 1.54) is 6.07 Å². The highest BCUT2D eigenvalue weighted by molar-refractivity contribution is 6.30. The quantitative estimate of drug-likeness (QED) is 0.923. The molecular weight excluding hydrogens is 263 g/mol. The predicted octanol–water partition coefficient (Wildman–Crippen LogP) is 3.69. The Kier molecular flexibility index (Phi) is 4.51. The molecule has 1 atom stereocenters. The van der Waals surface area contributed by atoms with Crippen molar-refractivity contribution in [2.45, 2.75) is 19.4 Å². The van der Waals surface area contributed by atoms with Crippen LogP contribution >= 0.6 is 11.6 Å². The van der Waals surface area contributed by atoms with Crippen LogP contribution < -0.4 is 5.32 Å². The van der Waals surface area contributed by atoms with E-state index < -0.39 is 0 Å². The lowest BCUT2D eigenvalue weighted by molar-refractivity contribution is 0.553. The molecule has 0 fully saturated rings. The number of hydrogen-bond donors (Lipinski definition) is 1. The molecule has 0 saturated heterocycles. The molecule has 0 radical (unpaired) electrons. The van der Waals surface area contributed by atoms with E-state index in [9.17, 15) is 4.39 Å². The van der Waals surface area contributed by atoms with Crippen LogP contribution in [0.1, 0.15) is 22.7 Å². The van der Waals surface area contributed by atoms with Gasteiger partial charge in [0, 0.05) is 23.5 Å². The summed E-state index contributed by atoms with van der Waals surface area (Å²) in [5.41, 5.74) is 2.79. The number of halogens is 2. The molecule has 0 aliphatic carbocycles. The van der Waals surface area contributed by atoms with Crippen LogP contribution in [0.5, 0.6) is 0 Å².